The van der Waals surface area contributed by atoms with Gasteiger partial charge in [0.1, 0.15) is 0 Å². The van der Waals surface area contributed by atoms with Gasteiger partial charge in [0, 0.05) is 39.6 Å². The quantitative estimate of drug-likeness (QED) is 0.0320. The van der Waals surface area contributed by atoms with Crippen LogP contribution in [0.3, 0.4) is 0 Å². The Kier molecular flexibility index (Phi) is 64.6. The molecule has 0 spiro atoms. The predicted molar refractivity (Wildman–Crippen MR) is 280 cm³/mol. The van der Waals surface area contributed by atoms with E-state index < -0.39 is 36.8 Å². The minimum absolute atomic E-state index is 0. The van der Waals surface area contributed by atoms with Gasteiger partial charge >= 0.3 is 35.3 Å². The van der Waals surface area contributed by atoms with Crippen LogP contribution in [0.4, 0.5) is 0 Å². The van der Waals surface area contributed by atoms with Crippen molar-refractivity contribution in [3.63, 3.8) is 0 Å². The maximum atomic E-state index is 11.0. The smallest absolute Gasteiger partial charge is 0.853 e. The monoisotopic (exact) mass is 1070 g/mol. The number of hydrogen-bond acceptors (Lipinski definition) is 18. The topological polar surface area (TPSA) is 208 Å². The van der Waals surface area contributed by atoms with E-state index in [1.807, 2.05) is 20.8 Å². The Morgan fingerprint density at radius 1 is 0.247 bits per heavy atom. The van der Waals surface area contributed by atoms with E-state index in [4.69, 9.17) is 71.1 Å². The summed E-state index contributed by atoms with van der Waals surface area (Å²) in [6.45, 7) is 28.9. The van der Waals surface area contributed by atoms with Crippen molar-refractivity contribution in [1.82, 2.24) is 0 Å². The molecule has 0 aromatic heterocycles. The van der Waals surface area contributed by atoms with Crippen molar-refractivity contribution in [2.24, 2.45) is 0 Å². The SMILES string of the molecule is CCCCOC(OCC)C(OCC[O-])(OCCCC)OCCCC.CCCCOC(OCC)C(OCC[O-])(OCCCC)OCCCC.CCCCOC(OCC)C(OCC[O-])(OCCCC)OCCCC.[Al+3]. The molecule has 0 aliphatic rings. The van der Waals surface area contributed by atoms with Gasteiger partial charge in [-0.15, -0.1) is 19.8 Å². The Morgan fingerprint density at radius 3 is 0.562 bits per heavy atom. The second kappa shape index (κ2) is 59.5. The van der Waals surface area contributed by atoms with E-state index in [2.05, 4.69) is 62.3 Å². The third-order valence-corrected chi connectivity index (χ3v) is 10.1. The van der Waals surface area contributed by atoms with Crippen LogP contribution in [0.25, 0.3) is 0 Å². The van der Waals surface area contributed by atoms with Crippen molar-refractivity contribution in [3.8, 4) is 0 Å². The van der Waals surface area contributed by atoms with Crippen LogP contribution >= 0.6 is 0 Å². The maximum absolute atomic E-state index is 11.0. The molecule has 0 fully saturated rings. The molecule has 0 bridgehead atoms. The maximum Gasteiger partial charge on any atom is 3.00 e. The first-order valence-corrected chi connectivity index (χ1v) is 28.3. The first-order chi connectivity index (χ1) is 35.1. The van der Waals surface area contributed by atoms with Gasteiger partial charge in [-0.1, -0.05) is 120 Å². The minimum atomic E-state index is -1.47. The summed E-state index contributed by atoms with van der Waals surface area (Å²) in [6.07, 6.45) is 14.5. The summed E-state index contributed by atoms with van der Waals surface area (Å²) < 4.78 is 87.4. The fourth-order valence-electron chi connectivity index (χ4n) is 5.91. The van der Waals surface area contributed by atoms with Gasteiger partial charge in [-0.25, -0.2) is 0 Å². The molecule has 0 aromatic carbocycles. The zero-order valence-electron chi connectivity index (χ0n) is 48.6. The largest absolute Gasteiger partial charge is 3.00 e. The molecule has 0 saturated carbocycles. The molecule has 73 heavy (non-hydrogen) atoms. The van der Waals surface area contributed by atoms with E-state index in [-0.39, 0.29) is 57.0 Å². The van der Waals surface area contributed by atoms with Crippen molar-refractivity contribution in [3.05, 3.63) is 0 Å². The number of ether oxygens (including phenoxy) is 15. The van der Waals surface area contributed by atoms with Gasteiger partial charge in [0.2, 0.25) is 18.9 Å². The molecule has 0 rings (SSSR count). The van der Waals surface area contributed by atoms with Gasteiger partial charge in [0.15, 0.2) is 0 Å². The van der Waals surface area contributed by atoms with Crippen LogP contribution in [0.15, 0.2) is 0 Å². The first kappa shape index (κ1) is 79.3. The van der Waals surface area contributed by atoms with E-state index in [9.17, 15) is 15.3 Å². The summed E-state index contributed by atoms with van der Waals surface area (Å²) >= 11 is 0. The summed E-state index contributed by atoms with van der Waals surface area (Å²) in [5.41, 5.74) is 0. The van der Waals surface area contributed by atoms with Gasteiger partial charge in [-0.05, 0) is 78.6 Å². The normalized spacial score (nSPS) is 13.2. The molecule has 0 heterocycles. The van der Waals surface area contributed by atoms with Gasteiger partial charge in [0.25, 0.3) is 0 Å². The fourth-order valence-corrected chi connectivity index (χ4v) is 5.91. The van der Waals surface area contributed by atoms with Crippen LogP contribution in [0, 0.1) is 0 Å². The van der Waals surface area contributed by atoms with Crippen LogP contribution in [-0.2, 0) is 71.1 Å². The molecule has 0 aliphatic heterocycles. The van der Waals surface area contributed by atoms with E-state index in [1.165, 1.54) is 0 Å². The summed E-state index contributed by atoms with van der Waals surface area (Å²) in [7, 11) is 0. The third kappa shape index (κ3) is 40.6. The van der Waals surface area contributed by atoms with Crippen LogP contribution < -0.4 is 15.3 Å². The Labute approximate surface area is 456 Å². The molecule has 0 N–H and O–H groups in total. The zero-order valence-corrected chi connectivity index (χ0v) is 49.8. The molecule has 18 nitrogen and oxygen atoms in total. The molecule has 0 amide bonds. The Hall–Kier alpha value is -0.188. The van der Waals surface area contributed by atoms with Crippen molar-refractivity contribution in [1.29, 1.82) is 0 Å². The molecule has 3 atom stereocenters. The molecule has 0 radical (unpaired) electrons. The Bertz CT molecular complexity index is 887. The predicted octanol–water partition coefficient (Wildman–Crippen LogP) is 8.11. The number of unbranched alkanes of at least 4 members (excludes halogenated alkanes) is 9. The molecule has 0 aromatic rings. The molecular weight excluding hydrogens is 964 g/mol. The Morgan fingerprint density at radius 2 is 0.411 bits per heavy atom. The van der Waals surface area contributed by atoms with Crippen LogP contribution in [0.2, 0.25) is 0 Å². The van der Waals surface area contributed by atoms with Crippen molar-refractivity contribution >= 4 is 17.4 Å². The Balaban J connectivity index is -0.000000486. The van der Waals surface area contributed by atoms with Crippen molar-refractivity contribution < 1.29 is 86.4 Å². The van der Waals surface area contributed by atoms with E-state index in [0.29, 0.717) is 79.3 Å². The molecular formula is C54H111AlO18. The van der Waals surface area contributed by atoms with Gasteiger partial charge in [0.05, 0.1) is 59.5 Å². The molecule has 19 heteroatoms. The van der Waals surface area contributed by atoms with Gasteiger partial charge < -0.3 is 86.4 Å². The van der Waals surface area contributed by atoms with Crippen LogP contribution in [-0.4, -0.2) is 173 Å². The fraction of sp³-hybridized carbons (Fsp3) is 1.00. The van der Waals surface area contributed by atoms with Gasteiger partial charge in [-0.3, -0.25) is 0 Å². The summed E-state index contributed by atoms with van der Waals surface area (Å²) in [6, 6.07) is 0. The van der Waals surface area contributed by atoms with Crippen LogP contribution in [0.1, 0.15) is 199 Å². The van der Waals surface area contributed by atoms with Crippen molar-refractivity contribution in [2.45, 2.75) is 235 Å². The second-order valence-electron chi connectivity index (χ2n) is 16.7. The molecule has 0 aliphatic carbocycles. The molecule has 438 valence electrons. The molecule has 0 saturated heterocycles. The van der Waals surface area contributed by atoms with Gasteiger partial charge in [-0.2, -0.15) is 0 Å². The number of hydrogen-bond donors (Lipinski definition) is 0. The number of rotatable bonds is 54. The summed E-state index contributed by atoms with van der Waals surface area (Å²) in [5.74, 6) is -4.42. The van der Waals surface area contributed by atoms with Crippen LogP contribution in [0.5, 0.6) is 0 Å². The zero-order chi connectivity index (χ0) is 54.3. The van der Waals surface area contributed by atoms with E-state index in [1.54, 1.807) is 0 Å². The second-order valence-corrected chi connectivity index (χ2v) is 16.7. The van der Waals surface area contributed by atoms with E-state index >= 15 is 0 Å². The summed E-state index contributed by atoms with van der Waals surface area (Å²) in [4.78, 5) is 0. The average molecular weight is 1080 g/mol. The third-order valence-electron chi connectivity index (χ3n) is 10.1. The summed E-state index contributed by atoms with van der Waals surface area (Å²) in [5, 5.41) is 32.9. The average Bonchev–Trinajstić information content (AvgIpc) is 3.38. The first-order valence-electron chi connectivity index (χ1n) is 28.3. The standard InChI is InChI=1S/3C18H37O6.Al/c3*1-5-9-13-21-17(20-8-4)18(24-16-12-19,22-14-10-6-2)23-15-11-7-3;/h3*17H,5-16H2,1-4H3;/q3*-1;+3. The van der Waals surface area contributed by atoms with E-state index in [0.717, 1.165) is 116 Å². The minimum Gasteiger partial charge on any atom is -0.853 e. The van der Waals surface area contributed by atoms with Crippen molar-refractivity contribution in [2.75, 3.05) is 119 Å². The molecule has 3 unspecified atom stereocenters.